The summed E-state index contributed by atoms with van der Waals surface area (Å²) in [7, 11) is 0. The molecule has 1 amide bonds. The number of hydrogen-bond acceptors (Lipinski definition) is 4. The van der Waals surface area contributed by atoms with Crippen molar-refractivity contribution in [2.75, 3.05) is 16.8 Å². The largest absolute Gasteiger partial charge is 0.478 e. The maximum atomic E-state index is 11.3. The van der Waals surface area contributed by atoms with Gasteiger partial charge in [-0.15, -0.1) is 0 Å². The molecule has 0 aliphatic rings. The Morgan fingerprint density at radius 1 is 1.00 bits per heavy atom. The number of rotatable bonds is 7. The summed E-state index contributed by atoms with van der Waals surface area (Å²) in [6, 6.07) is 11.3. The molecule has 2 aromatic carbocycles. The van der Waals surface area contributed by atoms with Gasteiger partial charge in [-0.05, 0) is 48.9 Å². The minimum absolute atomic E-state index is 0.0667. The van der Waals surface area contributed by atoms with Crippen molar-refractivity contribution in [1.29, 1.82) is 0 Å². The van der Waals surface area contributed by atoms with Crippen molar-refractivity contribution in [3.63, 3.8) is 0 Å². The molecule has 136 valence electrons. The van der Waals surface area contributed by atoms with Crippen LogP contribution < -0.4 is 10.2 Å². The highest BCUT2D eigenvalue weighted by Crippen LogP contribution is 2.22. The molecule has 0 saturated carbocycles. The van der Waals surface area contributed by atoms with Crippen LogP contribution in [0.3, 0.4) is 0 Å². The quantitative estimate of drug-likeness (QED) is 0.704. The first-order chi connectivity index (χ1) is 12.3. The van der Waals surface area contributed by atoms with E-state index in [-0.39, 0.29) is 17.0 Å². The number of anilines is 2. The molecular weight excluding hydrogens is 336 g/mol. The Morgan fingerprint density at radius 3 is 2.12 bits per heavy atom. The molecule has 0 unspecified atom stereocenters. The second kappa shape index (κ2) is 8.15. The highest BCUT2D eigenvalue weighted by molar-refractivity contribution is 5.94. The van der Waals surface area contributed by atoms with Crippen molar-refractivity contribution in [3.8, 4) is 0 Å². The molecule has 2 rings (SSSR count). The number of benzene rings is 2. The summed E-state index contributed by atoms with van der Waals surface area (Å²) in [4.78, 5) is 35.7. The predicted octanol–water partition coefficient (Wildman–Crippen LogP) is 3.07. The fourth-order valence-corrected chi connectivity index (χ4v) is 2.62. The minimum atomic E-state index is -1.18. The molecule has 0 atom stereocenters. The maximum absolute atomic E-state index is 11.3. The van der Waals surface area contributed by atoms with Gasteiger partial charge in [-0.3, -0.25) is 4.79 Å². The highest BCUT2D eigenvalue weighted by Gasteiger charge is 2.14. The van der Waals surface area contributed by atoms with Crippen LogP contribution in [0.4, 0.5) is 11.4 Å². The van der Waals surface area contributed by atoms with Gasteiger partial charge >= 0.3 is 11.9 Å². The van der Waals surface area contributed by atoms with E-state index >= 15 is 0 Å². The van der Waals surface area contributed by atoms with Gasteiger partial charge in [0.15, 0.2) is 0 Å². The Balaban J connectivity index is 2.34. The van der Waals surface area contributed by atoms with Gasteiger partial charge in [-0.2, -0.15) is 0 Å². The molecule has 2 aromatic rings. The summed E-state index contributed by atoms with van der Waals surface area (Å²) in [5.41, 5.74) is 1.93. The SMILES string of the molecule is CCN(Cc1cc(C(=O)O)cc(C(=O)O)c1)c1cccc(NC(C)=O)c1. The zero-order valence-corrected chi connectivity index (χ0v) is 14.5. The van der Waals surface area contributed by atoms with Crippen LogP contribution in [0.2, 0.25) is 0 Å². The molecule has 0 aliphatic heterocycles. The summed E-state index contributed by atoms with van der Waals surface area (Å²) in [6.45, 7) is 4.31. The molecule has 0 radical (unpaired) electrons. The number of nitrogens with zero attached hydrogens (tertiary/aromatic N) is 1. The second-order valence-corrected chi connectivity index (χ2v) is 5.77. The van der Waals surface area contributed by atoms with Gasteiger partial charge in [-0.1, -0.05) is 6.07 Å². The Bertz CT molecular complexity index is 815. The molecule has 7 heteroatoms. The summed E-state index contributed by atoms with van der Waals surface area (Å²) >= 11 is 0. The normalized spacial score (nSPS) is 10.2. The summed E-state index contributed by atoms with van der Waals surface area (Å²) in [6.07, 6.45) is 0. The highest BCUT2D eigenvalue weighted by atomic mass is 16.4. The molecule has 0 saturated heterocycles. The third kappa shape index (κ3) is 4.83. The van der Waals surface area contributed by atoms with Gasteiger partial charge in [0.05, 0.1) is 11.1 Å². The van der Waals surface area contributed by atoms with Gasteiger partial charge in [0.25, 0.3) is 0 Å². The van der Waals surface area contributed by atoms with Crippen molar-refractivity contribution in [1.82, 2.24) is 0 Å². The monoisotopic (exact) mass is 356 g/mol. The molecule has 0 fully saturated rings. The molecule has 0 aromatic heterocycles. The van der Waals surface area contributed by atoms with Crippen molar-refractivity contribution in [2.24, 2.45) is 0 Å². The molecule has 3 N–H and O–H groups in total. The Morgan fingerprint density at radius 2 is 1.62 bits per heavy atom. The molecule has 7 nitrogen and oxygen atoms in total. The third-order valence-corrected chi connectivity index (χ3v) is 3.77. The van der Waals surface area contributed by atoms with E-state index in [1.165, 1.54) is 19.1 Å². The van der Waals surface area contributed by atoms with Gasteiger partial charge in [0.1, 0.15) is 0 Å². The fraction of sp³-hybridized carbons (Fsp3) is 0.211. The van der Waals surface area contributed by atoms with Gasteiger partial charge in [0.2, 0.25) is 5.91 Å². The van der Waals surface area contributed by atoms with E-state index in [1.54, 1.807) is 12.1 Å². The average Bonchev–Trinajstić information content (AvgIpc) is 2.59. The Hall–Kier alpha value is -3.35. The van der Waals surface area contributed by atoms with Crippen LogP contribution in [-0.2, 0) is 11.3 Å². The van der Waals surface area contributed by atoms with Crippen molar-refractivity contribution in [2.45, 2.75) is 20.4 Å². The lowest BCUT2D eigenvalue weighted by atomic mass is 10.0. The molecule has 26 heavy (non-hydrogen) atoms. The zero-order valence-electron chi connectivity index (χ0n) is 14.5. The first-order valence-electron chi connectivity index (χ1n) is 8.03. The zero-order chi connectivity index (χ0) is 19.3. The van der Waals surface area contributed by atoms with Crippen molar-refractivity contribution >= 4 is 29.2 Å². The smallest absolute Gasteiger partial charge is 0.335 e. The van der Waals surface area contributed by atoms with Crippen LogP contribution in [0.25, 0.3) is 0 Å². The molecule has 0 heterocycles. The van der Waals surface area contributed by atoms with E-state index < -0.39 is 11.9 Å². The first kappa shape index (κ1) is 19.0. The van der Waals surface area contributed by atoms with E-state index in [0.717, 1.165) is 11.8 Å². The topological polar surface area (TPSA) is 107 Å². The van der Waals surface area contributed by atoms with Crippen molar-refractivity contribution in [3.05, 3.63) is 59.2 Å². The number of carbonyl (C=O) groups is 3. The van der Waals surface area contributed by atoms with Gasteiger partial charge in [0, 0.05) is 31.4 Å². The van der Waals surface area contributed by atoms with Gasteiger partial charge < -0.3 is 20.4 Å². The molecule has 0 aliphatic carbocycles. The summed E-state index contributed by atoms with van der Waals surface area (Å²) in [5, 5.41) is 21.1. The lowest BCUT2D eigenvalue weighted by Crippen LogP contribution is -2.22. The third-order valence-electron chi connectivity index (χ3n) is 3.77. The molecule has 0 spiro atoms. The average molecular weight is 356 g/mol. The van der Waals surface area contributed by atoms with E-state index in [1.807, 2.05) is 24.0 Å². The number of nitrogens with one attached hydrogen (secondary N) is 1. The lowest BCUT2D eigenvalue weighted by Gasteiger charge is -2.24. The minimum Gasteiger partial charge on any atom is -0.478 e. The van der Waals surface area contributed by atoms with Crippen LogP contribution in [0, 0.1) is 0 Å². The number of aromatic carboxylic acids is 2. The van der Waals surface area contributed by atoms with E-state index in [9.17, 15) is 24.6 Å². The molecular formula is C19H20N2O5. The number of hydrogen-bond donors (Lipinski definition) is 3. The van der Waals surface area contributed by atoms with Gasteiger partial charge in [-0.25, -0.2) is 9.59 Å². The summed E-state index contributed by atoms with van der Waals surface area (Å²) in [5.74, 6) is -2.53. The van der Waals surface area contributed by atoms with Crippen molar-refractivity contribution < 1.29 is 24.6 Å². The molecule has 0 bridgehead atoms. The Labute approximate surface area is 150 Å². The predicted molar refractivity (Wildman–Crippen MR) is 97.8 cm³/mol. The van der Waals surface area contributed by atoms with E-state index in [4.69, 9.17) is 0 Å². The van der Waals surface area contributed by atoms with E-state index in [0.29, 0.717) is 24.3 Å². The van der Waals surface area contributed by atoms with E-state index in [2.05, 4.69) is 5.32 Å². The summed E-state index contributed by atoms with van der Waals surface area (Å²) < 4.78 is 0. The maximum Gasteiger partial charge on any atom is 0.335 e. The Kier molecular flexibility index (Phi) is 5.95. The van der Waals surface area contributed by atoms with Crippen LogP contribution in [-0.4, -0.2) is 34.6 Å². The van der Waals surface area contributed by atoms with Crippen LogP contribution >= 0.6 is 0 Å². The second-order valence-electron chi connectivity index (χ2n) is 5.77. The number of carbonyl (C=O) groups excluding carboxylic acids is 1. The fourth-order valence-electron chi connectivity index (χ4n) is 2.62. The standard InChI is InChI=1S/C19H20N2O5/c1-3-21(17-6-4-5-16(10-17)20-12(2)22)11-13-7-14(18(23)24)9-15(8-13)19(25)26/h4-10H,3,11H2,1-2H3,(H,20,22)(H,23,24)(H,25,26). The van der Waals surface area contributed by atoms with Crippen LogP contribution in [0.1, 0.15) is 40.1 Å². The first-order valence-corrected chi connectivity index (χ1v) is 8.03. The number of amides is 1. The number of carboxylic acids is 2. The number of carboxylic acid groups (broad SMARTS) is 2. The van der Waals surface area contributed by atoms with Crippen LogP contribution in [0.5, 0.6) is 0 Å². The van der Waals surface area contributed by atoms with Crippen LogP contribution in [0.15, 0.2) is 42.5 Å². The lowest BCUT2D eigenvalue weighted by molar-refractivity contribution is -0.114.